The number of anilines is 1. The zero-order chi connectivity index (χ0) is 38.3. The van der Waals surface area contributed by atoms with Crippen LogP contribution in [0.15, 0.2) is 91.1 Å². The van der Waals surface area contributed by atoms with Gasteiger partial charge in [-0.3, -0.25) is 19.3 Å². The van der Waals surface area contributed by atoms with Crippen LogP contribution in [-0.4, -0.2) is 85.8 Å². The standard InChI is InChI=1S/C42H48F5N5OSi/c1-28-20-34-33(16-17-38-35(34)23-48-50-38)40(39-36(44)21-29(22-37(39)45)49-30-24-51(25-30)19-11-18-43)52(28)26-42(46,47)27-53-54(41(2,3)4,31-12-7-5-8-13-31)32-14-9-6-10-15-32/h5-10,12-17,21-23,28,30,40,49H,11,18-20,24-27H2,1-4H3,(H,48,50)/t28-,40?/m1/s1. The van der Waals surface area contributed by atoms with Gasteiger partial charge in [0.15, 0.2) is 0 Å². The Balaban J connectivity index is 1.22. The number of H-pyrrole nitrogens is 1. The molecule has 0 radical (unpaired) electrons. The lowest BCUT2D eigenvalue weighted by Crippen LogP contribution is -2.67. The highest BCUT2D eigenvalue weighted by Crippen LogP contribution is 2.44. The van der Waals surface area contributed by atoms with Gasteiger partial charge < -0.3 is 9.74 Å². The van der Waals surface area contributed by atoms with Gasteiger partial charge in [0.05, 0.1) is 43.6 Å². The van der Waals surface area contributed by atoms with E-state index < -0.39 is 62.8 Å². The van der Waals surface area contributed by atoms with Gasteiger partial charge in [-0.05, 0) is 64.5 Å². The minimum absolute atomic E-state index is 0.0372. The third-order valence-corrected chi connectivity index (χ3v) is 16.1. The van der Waals surface area contributed by atoms with Gasteiger partial charge in [-0.25, -0.2) is 17.6 Å². The number of aromatic nitrogens is 2. The number of alkyl halides is 3. The summed E-state index contributed by atoms with van der Waals surface area (Å²) in [5, 5.41) is 12.4. The predicted molar refractivity (Wildman–Crippen MR) is 207 cm³/mol. The lowest BCUT2D eigenvalue weighted by molar-refractivity contribution is -0.0822. The summed E-state index contributed by atoms with van der Waals surface area (Å²) in [6, 6.07) is 23.6. The van der Waals surface area contributed by atoms with Crippen molar-refractivity contribution in [3.05, 3.63) is 119 Å². The molecule has 2 aliphatic rings. The second kappa shape index (κ2) is 15.2. The molecule has 3 heterocycles. The third kappa shape index (κ3) is 7.33. The number of nitrogens with zero attached hydrogens (tertiary/aromatic N) is 3. The summed E-state index contributed by atoms with van der Waals surface area (Å²) >= 11 is 0. The molecule has 1 aromatic heterocycles. The van der Waals surface area contributed by atoms with E-state index in [2.05, 4.69) is 20.4 Å². The normalized spacial score (nSPS) is 18.8. The number of likely N-dealkylation sites (tertiary alicyclic amines) is 1. The van der Waals surface area contributed by atoms with Crippen LogP contribution in [0.2, 0.25) is 5.04 Å². The Morgan fingerprint density at radius 3 is 2.15 bits per heavy atom. The largest absolute Gasteiger partial charge is 0.401 e. The number of hydrogen-bond donors (Lipinski definition) is 2. The van der Waals surface area contributed by atoms with Crippen LogP contribution in [0.25, 0.3) is 10.9 Å². The van der Waals surface area contributed by atoms with Gasteiger partial charge in [0.2, 0.25) is 0 Å². The number of halogens is 5. The molecule has 0 saturated carbocycles. The monoisotopic (exact) mass is 761 g/mol. The lowest BCUT2D eigenvalue weighted by atomic mass is 9.83. The van der Waals surface area contributed by atoms with E-state index in [9.17, 15) is 4.39 Å². The second-order valence-electron chi connectivity index (χ2n) is 15.9. The van der Waals surface area contributed by atoms with Gasteiger partial charge in [-0.2, -0.15) is 5.10 Å². The maximum atomic E-state index is 16.8. The summed E-state index contributed by atoms with van der Waals surface area (Å²) in [5.74, 6) is -5.04. The van der Waals surface area contributed by atoms with Gasteiger partial charge >= 0.3 is 0 Å². The Bertz CT molecular complexity index is 1990. The van der Waals surface area contributed by atoms with Gasteiger partial charge in [0, 0.05) is 42.3 Å². The minimum atomic E-state index is -3.40. The topological polar surface area (TPSA) is 56.4 Å². The summed E-state index contributed by atoms with van der Waals surface area (Å²) in [6.45, 7) is 7.78. The first kappa shape index (κ1) is 38.2. The molecule has 0 spiro atoms. The van der Waals surface area contributed by atoms with Crippen LogP contribution in [0.4, 0.5) is 27.6 Å². The van der Waals surface area contributed by atoms with E-state index in [4.69, 9.17) is 4.43 Å². The highest BCUT2D eigenvalue weighted by molar-refractivity contribution is 6.99. The highest BCUT2D eigenvalue weighted by Gasteiger charge is 2.52. The molecular formula is C42H48F5N5OSi. The van der Waals surface area contributed by atoms with Gasteiger partial charge in [0.1, 0.15) is 11.6 Å². The van der Waals surface area contributed by atoms with Crippen LogP contribution in [0.1, 0.15) is 56.8 Å². The lowest BCUT2D eigenvalue weighted by Gasteiger charge is -2.46. The van der Waals surface area contributed by atoms with Crippen molar-refractivity contribution < 1.29 is 26.4 Å². The first-order valence-corrected chi connectivity index (χ1v) is 20.6. The molecule has 54 heavy (non-hydrogen) atoms. The molecule has 286 valence electrons. The summed E-state index contributed by atoms with van der Waals surface area (Å²) in [4.78, 5) is 3.61. The molecule has 0 bridgehead atoms. The Labute approximate surface area is 314 Å². The SMILES string of the molecule is C[C@@H]1Cc2c(ccc3[nH]ncc23)C(c2c(F)cc(NC3CN(CCCF)C3)cc2F)N1CC(F)(F)CO[Si](c1ccccc1)(c1ccccc1)C(C)(C)C. The molecule has 1 saturated heterocycles. The van der Waals surface area contributed by atoms with E-state index >= 15 is 17.6 Å². The maximum absolute atomic E-state index is 16.8. The first-order valence-electron chi connectivity index (χ1n) is 18.7. The highest BCUT2D eigenvalue weighted by atomic mass is 28.4. The van der Waals surface area contributed by atoms with E-state index in [1.54, 1.807) is 18.3 Å². The smallest absolute Gasteiger partial charge is 0.282 e. The number of rotatable bonds is 13. The number of hydrogen-bond acceptors (Lipinski definition) is 5. The zero-order valence-corrected chi connectivity index (χ0v) is 32.2. The van der Waals surface area contributed by atoms with E-state index in [1.165, 1.54) is 17.0 Å². The Hall–Kier alpha value is -4.10. The van der Waals surface area contributed by atoms with Crippen molar-refractivity contribution in [2.45, 2.75) is 69.6 Å². The molecule has 1 fully saturated rings. The van der Waals surface area contributed by atoms with Crippen molar-refractivity contribution in [1.29, 1.82) is 0 Å². The molecule has 0 aliphatic carbocycles. The molecule has 2 atom stereocenters. The zero-order valence-electron chi connectivity index (χ0n) is 31.2. The first-order chi connectivity index (χ1) is 25.8. The average Bonchev–Trinajstić information content (AvgIpc) is 3.60. The molecule has 6 nitrogen and oxygen atoms in total. The summed E-state index contributed by atoms with van der Waals surface area (Å²) < 4.78 is 85.7. The van der Waals surface area contributed by atoms with Gasteiger partial charge in [0.25, 0.3) is 14.2 Å². The quantitative estimate of drug-likeness (QED) is 0.0947. The molecule has 2 N–H and O–H groups in total. The molecule has 5 aromatic rings. The van der Waals surface area contributed by atoms with E-state index in [1.807, 2.05) is 88.4 Å². The third-order valence-electron chi connectivity index (χ3n) is 11.1. The molecule has 7 rings (SSSR count). The van der Waals surface area contributed by atoms with Crippen LogP contribution in [0.5, 0.6) is 0 Å². The van der Waals surface area contributed by atoms with E-state index in [-0.39, 0.29) is 17.3 Å². The second-order valence-corrected chi connectivity index (χ2v) is 20.2. The van der Waals surface area contributed by atoms with Gasteiger partial charge in [-0.15, -0.1) is 0 Å². The van der Waals surface area contributed by atoms with E-state index in [0.717, 1.165) is 26.8 Å². The summed E-state index contributed by atoms with van der Waals surface area (Å²) in [6.07, 6.45) is 2.51. The number of aromatic amines is 1. The Kier molecular flexibility index (Phi) is 10.7. The van der Waals surface area contributed by atoms with Gasteiger partial charge in [-0.1, -0.05) is 87.5 Å². The Morgan fingerprint density at radius 1 is 0.926 bits per heavy atom. The predicted octanol–water partition coefficient (Wildman–Crippen LogP) is 7.84. The van der Waals surface area contributed by atoms with Crippen molar-refractivity contribution in [1.82, 2.24) is 20.0 Å². The molecule has 1 unspecified atom stereocenters. The summed E-state index contributed by atoms with van der Waals surface area (Å²) in [5.41, 5.74) is 2.14. The van der Waals surface area contributed by atoms with Crippen LogP contribution in [0.3, 0.4) is 0 Å². The van der Waals surface area contributed by atoms with Crippen molar-refractivity contribution >= 4 is 35.3 Å². The van der Waals surface area contributed by atoms with Crippen molar-refractivity contribution in [3.8, 4) is 0 Å². The van der Waals surface area contributed by atoms with Crippen molar-refractivity contribution in [2.75, 3.05) is 44.8 Å². The number of nitrogens with one attached hydrogen (secondary N) is 2. The van der Waals surface area contributed by atoms with Crippen LogP contribution in [-0.2, 0) is 10.8 Å². The minimum Gasteiger partial charge on any atom is -0.401 e. The maximum Gasteiger partial charge on any atom is 0.282 e. The fourth-order valence-corrected chi connectivity index (χ4v) is 13.2. The fourth-order valence-electron chi connectivity index (χ4n) is 8.57. The summed E-state index contributed by atoms with van der Waals surface area (Å²) in [7, 11) is -3.31. The fraction of sp³-hybridized carbons (Fsp3) is 0.405. The van der Waals surface area contributed by atoms with Crippen LogP contribution >= 0.6 is 0 Å². The molecule has 2 aliphatic heterocycles. The number of fused-ring (bicyclic) bond motifs is 3. The number of benzene rings is 4. The van der Waals surface area contributed by atoms with Crippen molar-refractivity contribution in [2.24, 2.45) is 0 Å². The van der Waals surface area contributed by atoms with E-state index in [0.29, 0.717) is 38.0 Å². The molecular weight excluding hydrogens is 714 g/mol. The average molecular weight is 762 g/mol. The Morgan fingerprint density at radius 2 is 1.56 bits per heavy atom. The molecule has 4 aromatic carbocycles. The molecule has 12 heteroatoms. The molecule has 0 amide bonds. The van der Waals surface area contributed by atoms with Crippen LogP contribution in [0, 0.1) is 11.6 Å². The van der Waals surface area contributed by atoms with Crippen molar-refractivity contribution in [3.63, 3.8) is 0 Å². The van der Waals surface area contributed by atoms with Crippen LogP contribution < -0.4 is 15.7 Å².